The molecule has 0 aromatic heterocycles. The van der Waals surface area contributed by atoms with Crippen LogP contribution in [0.5, 0.6) is 5.75 Å². The van der Waals surface area contributed by atoms with Crippen LogP contribution in [0.2, 0.25) is 0 Å². The minimum absolute atomic E-state index is 0.0708. The number of aldehydes is 1. The van der Waals surface area contributed by atoms with E-state index < -0.39 is 46.8 Å². The summed E-state index contributed by atoms with van der Waals surface area (Å²) >= 11 is 0. The van der Waals surface area contributed by atoms with Crippen molar-refractivity contribution in [2.45, 2.75) is 189 Å². The Hall–Kier alpha value is -3.05. The van der Waals surface area contributed by atoms with Gasteiger partial charge in [0.1, 0.15) is 11.9 Å². The lowest BCUT2D eigenvalue weighted by Gasteiger charge is -2.14. The number of hydrogen-bond donors (Lipinski definition) is 1. The predicted molar refractivity (Wildman–Crippen MR) is 195 cm³/mol. The number of unbranched alkanes of at least 4 members (excludes halogenated alkanes) is 14. The van der Waals surface area contributed by atoms with E-state index in [4.69, 9.17) is 0 Å². The summed E-state index contributed by atoms with van der Waals surface area (Å²) in [5, 5.41) is 2.72. The Labute approximate surface area is 309 Å². The Bertz CT molecular complexity index is 1120. The molecular weight excluding hydrogens is 685 g/mol. The maximum absolute atomic E-state index is 13.6. The first kappa shape index (κ1) is 51.1. The molecule has 0 fully saturated rings. The highest BCUT2D eigenvalue weighted by Gasteiger charge is 2.28. The molecule has 0 saturated carbocycles. The molecular formula is C40H66F5NO6. The molecule has 1 N–H and O–H groups in total. The number of carbonyl (C=O) groups excluding carboxylic acids is 4. The molecule has 302 valence electrons. The van der Waals surface area contributed by atoms with Crippen LogP contribution in [0.15, 0.2) is 0 Å². The highest BCUT2D eigenvalue weighted by atomic mass is 19.2. The zero-order chi connectivity index (χ0) is 40.2. The molecule has 0 spiro atoms. The van der Waals surface area contributed by atoms with Crippen LogP contribution in [0.25, 0.3) is 0 Å². The number of benzene rings is 1. The van der Waals surface area contributed by atoms with Crippen LogP contribution in [0.1, 0.15) is 177 Å². The highest BCUT2D eigenvalue weighted by molar-refractivity contribution is 5.76. The Morgan fingerprint density at radius 1 is 0.654 bits per heavy atom. The van der Waals surface area contributed by atoms with E-state index in [-0.39, 0.29) is 24.3 Å². The molecule has 1 amide bonds. The number of hydrogen-bond acceptors (Lipinski definition) is 6. The van der Waals surface area contributed by atoms with Gasteiger partial charge in [0.05, 0.1) is 0 Å². The van der Waals surface area contributed by atoms with Crippen molar-refractivity contribution in [2.24, 2.45) is 5.41 Å². The van der Waals surface area contributed by atoms with Crippen molar-refractivity contribution in [1.82, 2.24) is 5.32 Å². The van der Waals surface area contributed by atoms with E-state index in [2.05, 4.69) is 42.5 Å². The summed E-state index contributed by atoms with van der Waals surface area (Å²) in [4.78, 5) is 43.8. The van der Waals surface area contributed by atoms with E-state index in [1.807, 2.05) is 20.8 Å². The third kappa shape index (κ3) is 28.5. The minimum Gasteiger partial charge on any atom is -0.462 e. The van der Waals surface area contributed by atoms with Gasteiger partial charge < -0.3 is 19.6 Å². The second-order valence-corrected chi connectivity index (χ2v) is 15.3. The average Bonchev–Trinajstić information content (AvgIpc) is 3.07. The molecule has 0 heterocycles. The lowest BCUT2D eigenvalue weighted by Crippen LogP contribution is -2.33. The normalized spacial score (nSPS) is 11.7. The minimum atomic E-state index is -2.33. The molecule has 1 unspecified atom stereocenters. The van der Waals surface area contributed by atoms with Gasteiger partial charge in [0.15, 0.2) is 0 Å². The van der Waals surface area contributed by atoms with E-state index in [0.29, 0.717) is 24.7 Å². The molecule has 1 aromatic carbocycles. The molecule has 0 saturated heterocycles. The molecule has 0 radical (unpaired) electrons. The fourth-order valence-corrected chi connectivity index (χ4v) is 4.37. The summed E-state index contributed by atoms with van der Waals surface area (Å²) in [6.45, 7) is 16.5. The SMILES string of the molecule is CC(C)(C)OC=O.CC(CCC(=O)Oc1c(F)c(F)c(F)c(F)c1F)NC(=O)CCCCCCCCCCCCCCCCC=O.CCC(C)(C)C. The summed E-state index contributed by atoms with van der Waals surface area (Å²) < 4.78 is 75.6. The highest BCUT2D eigenvalue weighted by Crippen LogP contribution is 2.29. The maximum Gasteiger partial charge on any atom is 0.311 e. The third-order valence-corrected chi connectivity index (χ3v) is 8.01. The fourth-order valence-electron chi connectivity index (χ4n) is 4.37. The van der Waals surface area contributed by atoms with Crippen LogP contribution in [0.4, 0.5) is 22.0 Å². The van der Waals surface area contributed by atoms with Crippen LogP contribution >= 0.6 is 0 Å². The zero-order valence-electron chi connectivity index (χ0n) is 33.0. The second kappa shape index (κ2) is 29.4. The van der Waals surface area contributed by atoms with Gasteiger partial charge in [0.2, 0.25) is 40.7 Å². The smallest absolute Gasteiger partial charge is 0.311 e. The number of carbonyl (C=O) groups is 4. The molecule has 7 nitrogen and oxygen atoms in total. The van der Waals surface area contributed by atoms with E-state index >= 15 is 0 Å². The van der Waals surface area contributed by atoms with Gasteiger partial charge in [-0.25, -0.2) is 13.2 Å². The fraction of sp³-hybridized carbons (Fsp3) is 0.750. The first-order chi connectivity index (χ1) is 24.3. The van der Waals surface area contributed by atoms with Crippen molar-refractivity contribution in [3.8, 4) is 5.75 Å². The van der Waals surface area contributed by atoms with Crippen molar-refractivity contribution < 1.29 is 50.6 Å². The predicted octanol–water partition coefficient (Wildman–Crippen LogP) is 11.4. The summed E-state index contributed by atoms with van der Waals surface area (Å²) in [5.74, 6) is -14.2. The molecule has 0 aliphatic carbocycles. The molecule has 1 rings (SSSR count). The van der Waals surface area contributed by atoms with Crippen molar-refractivity contribution in [3.05, 3.63) is 29.1 Å². The van der Waals surface area contributed by atoms with Crippen molar-refractivity contribution in [3.63, 3.8) is 0 Å². The Morgan fingerprint density at radius 3 is 1.38 bits per heavy atom. The number of nitrogens with one attached hydrogen (secondary N) is 1. The topological polar surface area (TPSA) is 98.8 Å². The molecule has 0 bridgehead atoms. The quantitative estimate of drug-likeness (QED) is 0.0227. The van der Waals surface area contributed by atoms with Gasteiger partial charge in [-0.1, -0.05) is 111 Å². The van der Waals surface area contributed by atoms with Gasteiger partial charge in [0, 0.05) is 25.3 Å². The van der Waals surface area contributed by atoms with Crippen LogP contribution in [-0.2, 0) is 23.9 Å². The Morgan fingerprint density at radius 2 is 1.04 bits per heavy atom. The molecule has 1 atom stereocenters. The van der Waals surface area contributed by atoms with Crippen LogP contribution in [-0.4, -0.2) is 36.3 Å². The van der Waals surface area contributed by atoms with Gasteiger partial charge in [-0.2, -0.15) is 8.78 Å². The Kier molecular flexibility index (Phi) is 28.9. The monoisotopic (exact) mass is 751 g/mol. The molecule has 0 aliphatic rings. The molecule has 52 heavy (non-hydrogen) atoms. The van der Waals surface area contributed by atoms with Crippen LogP contribution in [0, 0.1) is 34.5 Å². The molecule has 0 aliphatic heterocycles. The summed E-state index contributed by atoms with van der Waals surface area (Å²) in [7, 11) is 0. The number of ether oxygens (including phenoxy) is 2. The number of halogens is 5. The molecule has 12 heteroatoms. The van der Waals surface area contributed by atoms with Gasteiger partial charge in [-0.05, 0) is 52.4 Å². The van der Waals surface area contributed by atoms with Crippen LogP contribution < -0.4 is 10.1 Å². The zero-order valence-corrected chi connectivity index (χ0v) is 33.0. The number of rotatable bonds is 23. The number of esters is 1. The van der Waals surface area contributed by atoms with Gasteiger partial charge in [-0.3, -0.25) is 14.4 Å². The largest absolute Gasteiger partial charge is 0.462 e. The van der Waals surface area contributed by atoms with Crippen molar-refractivity contribution in [1.29, 1.82) is 0 Å². The van der Waals surface area contributed by atoms with E-state index in [9.17, 15) is 41.1 Å². The van der Waals surface area contributed by atoms with E-state index in [0.717, 1.165) is 44.8 Å². The summed E-state index contributed by atoms with van der Waals surface area (Å²) in [6.07, 6.45) is 19.0. The van der Waals surface area contributed by atoms with Gasteiger partial charge >= 0.3 is 5.97 Å². The lowest BCUT2D eigenvalue weighted by atomic mass is 9.94. The second-order valence-electron chi connectivity index (χ2n) is 15.3. The standard InChI is InChI=1S/C29H42F5NO4.C6H14.C5H10O2/c1-21(18-19-23(38)39-29-27(33)25(31)24(30)26(32)28(29)34)35-22(37)17-15-13-11-9-7-5-3-2-4-6-8-10-12-14-16-20-36;1-5-6(2,3)4;1-5(2,3)7-4-6/h20-21H,2-19H2,1H3,(H,35,37);5H2,1-4H3;4H,1-3H3. The van der Waals surface area contributed by atoms with E-state index in [1.54, 1.807) is 6.92 Å². The van der Waals surface area contributed by atoms with Crippen molar-refractivity contribution >= 4 is 24.6 Å². The van der Waals surface area contributed by atoms with E-state index in [1.165, 1.54) is 57.8 Å². The molecule has 1 aromatic rings. The number of amides is 1. The first-order valence-corrected chi connectivity index (χ1v) is 18.9. The summed E-state index contributed by atoms with van der Waals surface area (Å²) in [5.41, 5.74) is 0.224. The van der Waals surface area contributed by atoms with Crippen LogP contribution in [0.3, 0.4) is 0 Å². The van der Waals surface area contributed by atoms with Crippen molar-refractivity contribution in [2.75, 3.05) is 0 Å². The maximum atomic E-state index is 13.6. The third-order valence-electron chi connectivity index (χ3n) is 8.01. The summed E-state index contributed by atoms with van der Waals surface area (Å²) in [6, 6.07) is -0.441. The average molecular weight is 752 g/mol. The first-order valence-electron chi connectivity index (χ1n) is 18.9. The van der Waals surface area contributed by atoms with Gasteiger partial charge in [-0.15, -0.1) is 0 Å². The Balaban J connectivity index is 0. The van der Waals surface area contributed by atoms with Gasteiger partial charge in [0.25, 0.3) is 6.47 Å². The lowest BCUT2D eigenvalue weighted by molar-refractivity contribution is -0.138.